The van der Waals surface area contributed by atoms with E-state index in [0.29, 0.717) is 23.1 Å². The van der Waals surface area contributed by atoms with Gasteiger partial charge in [-0.25, -0.2) is 0 Å². The maximum absolute atomic E-state index is 12.6. The van der Waals surface area contributed by atoms with Crippen molar-refractivity contribution in [1.82, 2.24) is 4.57 Å². The molecule has 0 spiro atoms. The molecule has 7 heteroatoms. The van der Waals surface area contributed by atoms with Crippen LogP contribution in [0.25, 0.3) is 10.9 Å². The number of nitrogens with one attached hydrogen (secondary N) is 1. The Morgan fingerprint density at radius 1 is 1.32 bits per heavy atom. The quantitative estimate of drug-likeness (QED) is 0.566. The van der Waals surface area contributed by atoms with Crippen LogP contribution in [0.5, 0.6) is 11.5 Å². The van der Waals surface area contributed by atoms with Crippen molar-refractivity contribution in [2.75, 3.05) is 5.32 Å². The molecule has 0 bridgehead atoms. The average Bonchev–Trinajstić information content (AvgIpc) is 2.57. The molecule has 2 N–H and O–H groups in total. The maximum Gasteiger partial charge on any atom is 0.298 e. The van der Waals surface area contributed by atoms with Gasteiger partial charge in [-0.15, -0.1) is 0 Å². The van der Waals surface area contributed by atoms with E-state index >= 15 is 0 Å². The predicted molar refractivity (Wildman–Crippen MR) is 95.0 cm³/mol. The second-order valence-corrected chi connectivity index (χ2v) is 5.82. The van der Waals surface area contributed by atoms with Gasteiger partial charge in [-0.1, -0.05) is 26.2 Å². The van der Waals surface area contributed by atoms with Crippen molar-refractivity contribution in [3.63, 3.8) is 0 Å². The van der Waals surface area contributed by atoms with Gasteiger partial charge in [0.15, 0.2) is 5.75 Å². The molecule has 0 aliphatic carbocycles. The Hall–Kier alpha value is -2.83. The van der Waals surface area contributed by atoms with Gasteiger partial charge in [0.2, 0.25) is 11.7 Å². The van der Waals surface area contributed by atoms with E-state index in [1.807, 2.05) is 0 Å². The second kappa shape index (κ2) is 8.32. The Kier molecular flexibility index (Phi) is 6.16. The maximum atomic E-state index is 12.6. The van der Waals surface area contributed by atoms with Gasteiger partial charge < -0.3 is 19.7 Å². The number of anilines is 1. The number of unbranched alkanes of at least 4 members (excludes halogenated alkanes) is 3. The summed E-state index contributed by atoms with van der Waals surface area (Å²) in [5.74, 6) is -1.00. The molecule has 0 aliphatic rings. The third-order valence-corrected chi connectivity index (χ3v) is 3.92. The number of rotatable bonds is 8. The van der Waals surface area contributed by atoms with Crippen molar-refractivity contribution < 1.29 is 19.4 Å². The number of amides is 1. The lowest BCUT2D eigenvalue weighted by molar-refractivity contribution is -0.121. The number of aromatic nitrogens is 1. The minimum atomic E-state index is -0.575. The summed E-state index contributed by atoms with van der Waals surface area (Å²) in [5.41, 5.74) is 0.419. The number of carbonyl (C=O) groups is 2. The van der Waals surface area contributed by atoms with Gasteiger partial charge in [0.1, 0.15) is 0 Å². The van der Waals surface area contributed by atoms with Gasteiger partial charge in [0.25, 0.3) is 12.0 Å². The highest BCUT2D eigenvalue weighted by atomic mass is 16.5. The van der Waals surface area contributed by atoms with Gasteiger partial charge >= 0.3 is 0 Å². The Balaban J connectivity index is 2.59. The number of nitrogens with zero attached hydrogens (tertiary/aromatic N) is 1. The van der Waals surface area contributed by atoms with E-state index in [1.165, 1.54) is 11.5 Å². The Morgan fingerprint density at radius 2 is 2.08 bits per heavy atom. The van der Waals surface area contributed by atoms with Crippen LogP contribution in [0.4, 0.5) is 5.69 Å². The van der Waals surface area contributed by atoms with Crippen LogP contribution < -0.4 is 15.6 Å². The zero-order valence-corrected chi connectivity index (χ0v) is 14.4. The number of hydrogen-bond acceptors (Lipinski definition) is 5. The summed E-state index contributed by atoms with van der Waals surface area (Å²) in [4.78, 5) is 34.6. The molecule has 0 saturated carbocycles. The van der Waals surface area contributed by atoms with Gasteiger partial charge in [-0.05, 0) is 24.6 Å². The fraction of sp³-hybridized carbons (Fsp3) is 0.389. The van der Waals surface area contributed by atoms with Gasteiger partial charge in [0, 0.05) is 24.5 Å². The number of ether oxygens (including phenoxy) is 1. The molecule has 1 aromatic carbocycles. The van der Waals surface area contributed by atoms with E-state index in [2.05, 4.69) is 12.2 Å². The first-order valence-electron chi connectivity index (χ1n) is 8.27. The summed E-state index contributed by atoms with van der Waals surface area (Å²) in [6.07, 6.45) is 3.86. The van der Waals surface area contributed by atoms with Gasteiger partial charge in [-0.3, -0.25) is 14.4 Å². The second-order valence-electron chi connectivity index (χ2n) is 5.82. The molecule has 0 fully saturated rings. The number of hydrogen-bond donors (Lipinski definition) is 2. The smallest absolute Gasteiger partial charge is 0.298 e. The third-order valence-electron chi connectivity index (χ3n) is 3.92. The van der Waals surface area contributed by atoms with Gasteiger partial charge in [-0.2, -0.15) is 0 Å². The summed E-state index contributed by atoms with van der Waals surface area (Å²) >= 11 is 0. The van der Waals surface area contributed by atoms with Crippen molar-refractivity contribution in [2.45, 2.75) is 46.1 Å². The fourth-order valence-corrected chi connectivity index (χ4v) is 2.76. The summed E-state index contributed by atoms with van der Waals surface area (Å²) < 4.78 is 6.17. The largest absolute Gasteiger partial charge is 0.504 e. The highest BCUT2D eigenvalue weighted by Gasteiger charge is 2.18. The molecule has 0 radical (unpaired) electrons. The lowest BCUT2D eigenvalue weighted by Gasteiger charge is -2.15. The van der Waals surface area contributed by atoms with Crippen molar-refractivity contribution in [3.05, 3.63) is 28.6 Å². The van der Waals surface area contributed by atoms with Crippen molar-refractivity contribution in [3.8, 4) is 11.5 Å². The first-order valence-corrected chi connectivity index (χ1v) is 8.27. The van der Waals surface area contributed by atoms with E-state index < -0.39 is 5.56 Å². The van der Waals surface area contributed by atoms with Crippen molar-refractivity contribution in [1.29, 1.82) is 0 Å². The fourth-order valence-electron chi connectivity index (χ4n) is 2.76. The number of aryl methyl sites for hydroxylation is 1. The molecule has 0 saturated heterocycles. The first kappa shape index (κ1) is 18.5. The van der Waals surface area contributed by atoms with Crippen molar-refractivity contribution in [2.24, 2.45) is 0 Å². The SMILES string of the molecule is CCCCCCn1c(=O)c(OC=O)c(O)c2ccc(NC(C)=O)cc21. The monoisotopic (exact) mass is 346 g/mol. The molecule has 1 heterocycles. The van der Waals surface area contributed by atoms with Crippen LogP contribution in [0.2, 0.25) is 0 Å². The van der Waals surface area contributed by atoms with Crippen LogP contribution in [-0.4, -0.2) is 22.1 Å². The van der Waals surface area contributed by atoms with Crippen molar-refractivity contribution >= 4 is 29.0 Å². The highest BCUT2D eigenvalue weighted by Crippen LogP contribution is 2.32. The molecule has 134 valence electrons. The van der Waals surface area contributed by atoms with Gasteiger partial charge in [0.05, 0.1) is 5.52 Å². The highest BCUT2D eigenvalue weighted by molar-refractivity contribution is 5.94. The van der Waals surface area contributed by atoms with E-state index in [1.54, 1.807) is 18.2 Å². The summed E-state index contributed by atoms with van der Waals surface area (Å²) in [6, 6.07) is 4.82. The molecule has 2 rings (SSSR count). The molecule has 2 aromatic rings. The minimum Gasteiger partial charge on any atom is -0.504 e. The molecular formula is C18H22N2O5. The predicted octanol–water partition coefficient (Wildman–Crippen LogP) is 2.78. The number of pyridine rings is 1. The number of fused-ring (bicyclic) bond motifs is 1. The van der Waals surface area contributed by atoms with Crippen LogP contribution in [-0.2, 0) is 16.1 Å². The zero-order chi connectivity index (χ0) is 18.4. The lowest BCUT2D eigenvalue weighted by Crippen LogP contribution is -2.23. The molecular weight excluding hydrogens is 324 g/mol. The topological polar surface area (TPSA) is 97.6 Å². The molecule has 0 unspecified atom stereocenters. The van der Waals surface area contributed by atoms with Crippen LogP contribution in [0.1, 0.15) is 39.5 Å². The standard InChI is InChI=1S/C18H22N2O5/c1-3-4-5-6-9-20-15-10-13(19-12(2)22)7-8-14(15)16(23)17(18(20)24)25-11-21/h7-8,10-11,23H,3-6,9H2,1-2H3,(H,19,22). The van der Waals surface area contributed by atoms with Crippen LogP contribution in [0.15, 0.2) is 23.0 Å². The molecule has 1 amide bonds. The first-order chi connectivity index (χ1) is 12.0. The molecule has 1 aromatic heterocycles. The molecule has 7 nitrogen and oxygen atoms in total. The third kappa shape index (κ3) is 4.17. The van der Waals surface area contributed by atoms with E-state index in [9.17, 15) is 19.5 Å². The van der Waals surface area contributed by atoms with Crippen LogP contribution in [0, 0.1) is 0 Å². The van der Waals surface area contributed by atoms with E-state index in [4.69, 9.17) is 4.74 Å². The lowest BCUT2D eigenvalue weighted by atomic mass is 10.1. The Labute approximate surface area is 145 Å². The number of benzene rings is 1. The van der Waals surface area contributed by atoms with Crippen LogP contribution in [0.3, 0.4) is 0 Å². The average molecular weight is 346 g/mol. The Morgan fingerprint density at radius 3 is 2.72 bits per heavy atom. The van der Waals surface area contributed by atoms with E-state index in [0.717, 1.165) is 25.7 Å². The molecule has 0 aliphatic heterocycles. The molecule has 0 atom stereocenters. The number of carbonyl (C=O) groups excluding carboxylic acids is 2. The van der Waals surface area contributed by atoms with Crippen LogP contribution >= 0.6 is 0 Å². The summed E-state index contributed by atoms with van der Waals surface area (Å²) in [7, 11) is 0. The Bertz CT molecular complexity index is 841. The molecule has 25 heavy (non-hydrogen) atoms. The summed E-state index contributed by atoms with van der Waals surface area (Å²) in [5, 5.41) is 13.3. The zero-order valence-electron chi connectivity index (χ0n) is 14.4. The minimum absolute atomic E-state index is 0.120. The summed E-state index contributed by atoms with van der Waals surface area (Å²) in [6.45, 7) is 4.03. The number of aromatic hydroxyl groups is 1. The normalized spacial score (nSPS) is 10.6. The van der Waals surface area contributed by atoms with E-state index in [-0.39, 0.29) is 23.9 Å².